The zero-order chi connectivity index (χ0) is 36.7. The molecule has 0 heterocycles. The molecule has 1 fully saturated rings. The van der Waals surface area contributed by atoms with Crippen LogP contribution in [0.2, 0.25) is 0 Å². The van der Waals surface area contributed by atoms with Crippen molar-refractivity contribution in [3.63, 3.8) is 0 Å². The van der Waals surface area contributed by atoms with Crippen LogP contribution in [-0.4, -0.2) is 74.6 Å². The zero-order valence-corrected chi connectivity index (χ0v) is 30.8. The van der Waals surface area contributed by atoms with Crippen molar-refractivity contribution in [3.05, 3.63) is 90.0 Å². The number of hydrogen-bond acceptors (Lipinski definition) is 8. The number of aliphatic hydroxyl groups is 1. The van der Waals surface area contributed by atoms with Crippen LogP contribution < -0.4 is 26.4 Å². The Morgan fingerprint density at radius 2 is 1.62 bits per heavy atom. The number of nitrogens with zero attached hydrogens (tertiary/aromatic N) is 1. The van der Waals surface area contributed by atoms with E-state index in [1.807, 2.05) is 89.2 Å². The van der Waals surface area contributed by atoms with E-state index in [4.69, 9.17) is 10.5 Å². The standard InChI is InChI=1S/C38H53N5O6S/c1-26(2)24-43(50(47,48)31-17-15-29(39)16-18-31)25-33(44)32(21-27-11-8-7-9-12-27)41-36(46)35(37(3,4)5)42-34(45)23-40-38(19-20-38)28-13-10-14-30(22-28)49-6/h7-18,22,26,32-33,35,40,44H,19-21,23-25,39H2,1-6H3,(H,41,46)(H,42,45). The number of ether oxygens (including phenoxy) is 1. The summed E-state index contributed by atoms with van der Waals surface area (Å²) in [7, 11) is -2.38. The van der Waals surface area contributed by atoms with E-state index < -0.39 is 39.5 Å². The minimum atomic E-state index is -4.00. The molecule has 6 N–H and O–H groups in total. The van der Waals surface area contributed by atoms with Crippen molar-refractivity contribution in [2.75, 3.05) is 32.5 Å². The smallest absolute Gasteiger partial charge is 0.243 e. The van der Waals surface area contributed by atoms with E-state index in [-0.39, 0.29) is 48.3 Å². The van der Waals surface area contributed by atoms with Gasteiger partial charge in [0.05, 0.1) is 30.7 Å². The lowest BCUT2D eigenvalue weighted by atomic mass is 9.85. The van der Waals surface area contributed by atoms with Crippen LogP contribution in [0.4, 0.5) is 5.69 Å². The molecule has 2 amide bonds. The van der Waals surface area contributed by atoms with Gasteiger partial charge in [-0.25, -0.2) is 8.42 Å². The number of methoxy groups -OCH3 is 1. The Labute approximate surface area is 297 Å². The predicted molar refractivity (Wildman–Crippen MR) is 196 cm³/mol. The molecular formula is C38H53N5O6S. The van der Waals surface area contributed by atoms with Crippen LogP contribution in [0.3, 0.4) is 0 Å². The number of anilines is 1. The van der Waals surface area contributed by atoms with Gasteiger partial charge >= 0.3 is 0 Å². The number of amides is 2. The Balaban J connectivity index is 1.52. The molecule has 1 aliphatic rings. The molecule has 3 aromatic rings. The highest BCUT2D eigenvalue weighted by atomic mass is 32.2. The maximum atomic E-state index is 14.0. The van der Waals surface area contributed by atoms with Gasteiger partial charge in [0.2, 0.25) is 21.8 Å². The monoisotopic (exact) mass is 707 g/mol. The van der Waals surface area contributed by atoms with Gasteiger partial charge in [0.1, 0.15) is 11.8 Å². The molecule has 0 aliphatic heterocycles. The van der Waals surface area contributed by atoms with Gasteiger partial charge in [-0.1, -0.05) is 77.1 Å². The molecule has 0 radical (unpaired) electrons. The summed E-state index contributed by atoms with van der Waals surface area (Å²) in [5, 5.41) is 21.0. The summed E-state index contributed by atoms with van der Waals surface area (Å²) in [5.74, 6) is -0.115. The quantitative estimate of drug-likeness (QED) is 0.132. The van der Waals surface area contributed by atoms with Gasteiger partial charge in [0.15, 0.2) is 0 Å². The third-order valence-corrected chi connectivity index (χ3v) is 10.8. The molecule has 12 heteroatoms. The average Bonchev–Trinajstić information content (AvgIpc) is 3.87. The van der Waals surface area contributed by atoms with Gasteiger partial charge in [0.25, 0.3) is 0 Å². The normalized spacial score (nSPS) is 16.0. The second kappa shape index (κ2) is 16.4. The summed E-state index contributed by atoms with van der Waals surface area (Å²) >= 11 is 0. The van der Waals surface area contributed by atoms with Crippen LogP contribution in [0.25, 0.3) is 0 Å². The lowest BCUT2D eigenvalue weighted by molar-refractivity contribution is -0.132. The fourth-order valence-corrected chi connectivity index (χ4v) is 7.59. The fraction of sp³-hybridized carbons (Fsp3) is 0.474. The van der Waals surface area contributed by atoms with Crippen molar-refractivity contribution < 1.29 is 27.9 Å². The number of benzene rings is 3. The van der Waals surface area contributed by atoms with E-state index in [2.05, 4.69) is 16.0 Å². The number of hydrogen-bond donors (Lipinski definition) is 5. The van der Waals surface area contributed by atoms with Gasteiger partial charge < -0.3 is 26.2 Å². The summed E-state index contributed by atoms with van der Waals surface area (Å²) in [6, 6.07) is 21.2. The Morgan fingerprint density at radius 1 is 0.960 bits per heavy atom. The SMILES string of the molecule is COc1cccc(C2(NCC(=O)NC(C(=O)NC(Cc3ccccc3)C(O)CN(CC(C)C)S(=O)(=O)c3ccc(N)cc3)C(C)(C)C)CC2)c1. The Bertz CT molecular complexity index is 1690. The highest BCUT2D eigenvalue weighted by Gasteiger charge is 2.45. The average molecular weight is 708 g/mol. The highest BCUT2D eigenvalue weighted by Crippen LogP contribution is 2.46. The van der Waals surface area contributed by atoms with Crippen molar-refractivity contribution in [1.82, 2.24) is 20.3 Å². The third-order valence-electron chi connectivity index (χ3n) is 8.96. The maximum Gasteiger partial charge on any atom is 0.243 e. The molecule has 0 saturated heterocycles. The van der Waals surface area contributed by atoms with Crippen LogP contribution in [0, 0.1) is 11.3 Å². The molecule has 3 unspecified atom stereocenters. The highest BCUT2D eigenvalue weighted by molar-refractivity contribution is 7.89. The molecule has 3 aromatic carbocycles. The van der Waals surface area contributed by atoms with Gasteiger partial charge in [-0.3, -0.25) is 14.9 Å². The maximum absolute atomic E-state index is 14.0. The molecule has 11 nitrogen and oxygen atoms in total. The topological polar surface area (TPSA) is 163 Å². The fourth-order valence-electron chi connectivity index (χ4n) is 5.97. The first-order chi connectivity index (χ1) is 23.5. The molecule has 3 atom stereocenters. The first kappa shape index (κ1) is 38.8. The number of sulfonamides is 1. The summed E-state index contributed by atoms with van der Waals surface area (Å²) in [5.41, 5.74) is 7.11. The van der Waals surface area contributed by atoms with E-state index in [0.29, 0.717) is 5.69 Å². The van der Waals surface area contributed by atoms with Crippen molar-refractivity contribution in [1.29, 1.82) is 0 Å². The Morgan fingerprint density at radius 3 is 2.20 bits per heavy atom. The van der Waals surface area contributed by atoms with E-state index in [1.165, 1.54) is 28.6 Å². The molecule has 0 aromatic heterocycles. The molecule has 0 spiro atoms. The number of nitrogens with one attached hydrogen (secondary N) is 3. The number of rotatable bonds is 17. The molecule has 1 saturated carbocycles. The summed E-state index contributed by atoms with van der Waals surface area (Å²) in [6.07, 6.45) is 0.701. The summed E-state index contributed by atoms with van der Waals surface area (Å²) in [6.45, 7) is 9.26. The molecular weight excluding hydrogens is 655 g/mol. The first-order valence-electron chi connectivity index (χ1n) is 17.1. The zero-order valence-electron chi connectivity index (χ0n) is 30.0. The molecule has 1 aliphatic carbocycles. The van der Waals surface area contributed by atoms with E-state index in [9.17, 15) is 23.1 Å². The molecule has 4 rings (SSSR count). The number of nitrogen functional groups attached to an aromatic ring is 1. The summed E-state index contributed by atoms with van der Waals surface area (Å²) < 4.78 is 34.2. The predicted octanol–water partition coefficient (Wildman–Crippen LogP) is 3.82. The molecule has 50 heavy (non-hydrogen) atoms. The number of carbonyl (C=O) groups excluding carboxylic acids is 2. The van der Waals surface area contributed by atoms with E-state index in [1.54, 1.807) is 7.11 Å². The third kappa shape index (κ3) is 10.3. The molecule has 0 bridgehead atoms. The van der Waals surface area contributed by atoms with Crippen LogP contribution in [0.15, 0.2) is 83.8 Å². The second-order valence-electron chi connectivity index (χ2n) is 14.7. The van der Waals surface area contributed by atoms with Gasteiger partial charge in [-0.05, 0) is 78.1 Å². The summed E-state index contributed by atoms with van der Waals surface area (Å²) in [4.78, 5) is 27.4. The Kier molecular flexibility index (Phi) is 12.7. The van der Waals surface area contributed by atoms with Crippen molar-refractivity contribution in [2.45, 2.75) is 82.5 Å². The van der Waals surface area contributed by atoms with Crippen LogP contribution >= 0.6 is 0 Å². The Hall–Kier alpha value is -3.97. The van der Waals surface area contributed by atoms with Crippen molar-refractivity contribution in [3.8, 4) is 5.75 Å². The lowest BCUT2D eigenvalue weighted by Crippen LogP contribution is -2.59. The van der Waals surface area contributed by atoms with Gasteiger partial charge in [0, 0.05) is 24.3 Å². The lowest BCUT2D eigenvalue weighted by Gasteiger charge is -2.34. The molecule has 272 valence electrons. The second-order valence-corrected chi connectivity index (χ2v) is 16.6. The van der Waals surface area contributed by atoms with Gasteiger partial charge in [-0.15, -0.1) is 0 Å². The van der Waals surface area contributed by atoms with Crippen LogP contribution in [0.5, 0.6) is 5.75 Å². The minimum Gasteiger partial charge on any atom is -0.497 e. The number of aliphatic hydroxyl groups excluding tert-OH is 1. The number of carbonyl (C=O) groups is 2. The van der Waals surface area contributed by atoms with Crippen LogP contribution in [-0.2, 0) is 31.6 Å². The number of nitrogens with two attached hydrogens (primary N) is 1. The minimum absolute atomic E-state index is 0.000294. The van der Waals surface area contributed by atoms with Crippen LogP contribution in [0.1, 0.15) is 58.6 Å². The van der Waals surface area contributed by atoms with E-state index in [0.717, 1.165) is 29.7 Å². The van der Waals surface area contributed by atoms with E-state index >= 15 is 0 Å². The van der Waals surface area contributed by atoms with Crippen molar-refractivity contribution >= 4 is 27.5 Å². The largest absolute Gasteiger partial charge is 0.497 e. The first-order valence-corrected chi connectivity index (χ1v) is 18.5. The van der Waals surface area contributed by atoms with Gasteiger partial charge in [-0.2, -0.15) is 4.31 Å². The van der Waals surface area contributed by atoms with Crippen molar-refractivity contribution in [2.24, 2.45) is 11.3 Å².